The van der Waals surface area contributed by atoms with Crippen LogP contribution in [0.2, 0.25) is 0 Å². The number of carbonyl (C=O) groups is 1. The zero-order valence-electron chi connectivity index (χ0n) is 8.75. The van der Waals surface area contributed by atoms with Crippen molar-refractivity contribution in [3.05, 3.63) is 0 Å². The normalized spacial score (nSPS) is 29.6. The predicted molar refractivity (Wildman–Crippen MR) is 59.6 cm³/mol. The Labute approximate surface area is 93.7 Å². The highest BCUT2D eigenvalue weighted by Gasteiger charge is 2.22. The van der Waals surface area contributed by atoms with Crippen molar-refractivity contribution in [1.82, 2.24) is 5.32 Å². The van der Waals surface area contributed by atoms with E-state index in [-0.39, 0.29) is 22.9 Å². The number of halogens is 1. The summed E-state index contributed by atoms with van der Waals surface area (Å²) in [6.07, 6.45) is 2.95. The van der Waals surface area contributed by atoms with Crippen LogP contribution in [-0.4, -0.2) is 29.5 Å². The van der Waals surface area contributed by atoms with Crippen LogP contribution in [0.15, 0.2) is 0 Å². The van der Waals surface area contributed by atoms with Crippen LogP contribution >= 0.6 is 15.9 Å². The first-order valence-corrected chi connectivity index (χ1v) is 6.11. The van der Waals surface area contributed by atoms with E-state index in [1.807, 2.05) is 13.8 Å². The van der Waals surface area contributed by atoms with Gasteiger partial charge in [0.1, 0.15) is 0 Å². The molecular weight excluding hydrogens is 246 g/mol. The van der Waals surface area contributed by atoms with E-state index in [9.17, 15) is 4.79 Å². The van der Waals surface area contributed by atoms with Crippen molar-refractivity contribution in [3.8, 4) is 0 Å². The molecule has 0 spiro atoms. The van der Waals surface area contributed by atoms with E-state index in [4.69, 9.17) is 4.74 Å². The molecule has 4 heteroatoms. The van der Waals surface area contributed by atoms with Gasteiger partial charge in [-0.2, -0.15) is 0 Å². The Bertz CT molecular complexity index is 199. The van der Waals surface area contributed by atoms with Crippen LogP contribution in [0, 0.1) is 0 Å². The fraction of sp³-hybridized carbons (Fsp3) is 0.900. The monoisotopic (exact) mass is 263 g/mol. The van der Waals surface area contributed by atoms with Gasteiger partial charge in [0.05, 0.1) is 10.9 Å². The van der Waals surface area contributed by atoms with E-state index < -0.39 is 0 Å². The highest BCUT2D eigenvalue weighted by Crippen LogP contribution is 2.14. The third-order valence-electron chi connectivity index (χ3n) is 2.47. The lowest BCUT2D eigenvalue weighted by Crippen LogP contribution is -2.44. The molecule has 1 amide bonds. The topological polar surface area (TPSA) is 38.3 Å². The highest BCUT2D eigenvalue weighted by molar-refractivity contribution is 9.10. The van der Waals surface area contributed by atoms with Gasteiger partial charge >= 0.3 is 0 Å². The third-order valence-corrected chi connectivity index (χ3v) is 3.54. The van der Waals surface area contributed by atoms with Gasteiger partial charge in [0.2, 0.25) is 5.91 Å². The van der Waals surface area contributed by atoms with Gasteiger partial charge in [0.25, 0.3) is 0 Å². The molecule has 1 saturated heterocycles. The van der Waals surface area contributed by atoms with Crippen molar-refractivity contribution in [2.24, 2.45) is 0 Å². The first-order valence-electron chi connectivity index (χ1n) is 5.19. The average Bonchev–Trinajstić information content (AvgIpc) is 2.16. The van der Waals surface area contributed by atoms with Crippen LogP contribution in [0.5, 0.6) is 0 Å². The molecule has 1 fully saturated rings. The summed E-state index contributed by atoms with van der Waals surface area (Å²) in [4.78, 5) is 11.5. The van der Waals surface area contributed by atoms with Crippen LogP contribution in [0.4, 0.5) is 0 Å². The molecule has 0 aromatic rings. The molecule has 0 aliphatic carbocycles. The zero-order valence-corrected chi connectivity index (χ0v) is 10.3. The number of ether oxygens (including phenoxy) is 1. The Morgan fingerprint density at radius 2 is 2.43 bits per heavy atom. The standard InChI is InChI=1S/C10H18BrNO2/c1-3-9(11)10(13)12-8-4-5-14-7(2)6-8/h7-9H,3-6H2,1-2H3,(H,12,13). The summed E-state index contributed by atoms with van der Waals surface area (Å²) in [7, 11) is 0. The maximum Gasteiger partial charge on any atom is 0.233 e. The molecule has 0 saturated carbocycles. The minimum Gasteiger partial charge on any atom is -0.378 e. The van der Waals surface area contributed by atoms with Gasteiger partial charge in [-0.3, -0.25) is 4.79 Å². The lowest BCUT2D eigenvalue weighted by molar-refractivity contribution is -0.122. The van der Waals surface area contributed by atoms with Gasteiger partial charge < -0.3 is 10.1 Å². The molecule has 82 valence electrons. The Morgan fingerprint density at radius 3 is 3.00 bits per heavy atom. The van der Waals surface area contributed by atoms with Gasteiger partial charge in [0.15, 0.2) is 0 Å². The van der Waals surface area contributed by atoms with E-state index in [1.165, 1.54) is 0 Å². The van der Waals surface area contributed by atoms with Crippen LogP contribution in [0.1, 0.15) is 33.1 Å². The Hall–Kier alpha value is -0.0900. The van der Waals surface area contributed by atoms with Crippen LogP contribution in [0.25, 0.3) is 0 Å². The third kappa shape index (κ3) is 3.58. The minimum absolute atomic E-state index is 0.0550. The molecule has 1 rings (SSSR count). The van der Waals surface area contributed by atoms with E-state index >= 15 is 0 Å². The molecule has 14 heavy (non-hydrogen) atoms. The number of nitrogens with one attached hydrogen (secondary N) is 1. The molecule has 3 unspecified atom stereocenters. The molecule has 1 N–H and O–H groups in total. The summed E-state index contributed by atoms with van der Waals surface area (Å²) in [5.74, 6) is 0.103. The molecule has 1 heterocycles. The van der Waals surface area contributed by atoms with Crippen molar-refractivity contribution < 1.29 is 9.53 Å². The molecule has 1 aliphatic rings. The van der Waals surface area contributed by atoms with Gasteiger partial charge in [-0.05, 0) is 26.2 Å². The summed E-state index contributed by atoms with van der Waals surface area (Å²) in [6, 6.07) is 0.290. The number of amides is 1. The lowest BCUT2D eigenvalue weighted by atomic mass is 10.0. The Morgan fingerprint density at radius 1 is 1.71 bits per heavy atom. The van der Waals surface area contributed by atoms with Crippen molar-refractivity contribution >= 4 is 21.8 Å². The van der Waals surface area contributed by atoms with Crippen molar-refractivity contribution in [2.75, 3.05) is 6.61 Å². The summed E-state index contributed by atoms with van der Waals surface area (Å²) in [6.45, 7) is 4.79. The van der Waals surface area contributed by atoms with E-state index in [1.54, 1.807) is 0 Å². The number of hydrogen-bond acceptors (Lipinski definition) is 2. The highest BCUT2D eigenvalue weighted by atomic mass is 79.9. The van der Waals surface area contributed by atoms with Gasteiger partial charge in [0, 0.05) is 12.6 Å². The predicted octanol–water partition coefficient (Wildman–Crippen LogP) is 1.84. The fourth-order valence-corrected chi connectivity index (χ4v) is 1.74. The van der Waals surface area contributed by atoms with Crippen LogP contribution in [-0.2, 0) is 9.53 Å². The smallest absolute Gasteiger partial charge is 0.233 e. The second-order valence-corrected chi connectivity index (χ2v) is 4.89. The first-order chi connectivity index (χ1) is 6.63. The van der Waals surface area contributed by atoms with Crippen molar-refractivity contribution in [2.45, 2.75) is 50.1 Å². The number of rotatable bonds is 3. The van der Waals surface area contributed by atoms with E-state index in [2.05, 4.69) is 21.2 Å². The van der Waals surface area contributed by atoms with Gasteiger partial charge in [-0.25, -0.2) is 0 Å². The SMILES string of the molecule is CCC(Br)C(=O)NC1CCOC(C)C1. The molecule has 0 aromatic carbocycles. The Kier molecular flexibility index (Phi) is 4.89. The van der Waals surface area contributed by atoms with E-state index in [0.29, 0.717) is 0 Å². The number of carbonyl (C=O) groups excluding carboxylic acids is 1. The molecule has 0 aromatic heterocycles. The molecule has 3 atom stereocenters. The molecule has 0 bridgehead atoms. The van der Waals surface area contributed by atoms with Crippen LogP contribution < -0.4 is 5.32 Å². The second kappa shape index (κ2) is 5.71. The number of hydrogen-bond donors (Lipinski definition) is 1. The summed E-state index contributed by atoms with van der Waals surface area (Å²) < 4.78 is 5.41. The summed E-state index contributed by atoms with van der Waals surface area (Å²) >= 11 is 3.34. The lowest BCUT2D eigenvalue weighted by Gasteiger charge is -2.28. The largest absolute Gasteiger partial charge is 0.378 e. The quantitative estimate of drug-likeness (QED) is 0.790. The van der Waals surface area contributed by atoms with Crippen molar-refractivity contribution in [3.63, 3.8) is 0 Å². The average molecular weight is 264 g/mol. The van der Waals surface area contributed by atoms with Gasteiger partial charge in [-0.1, -0.05) is 22.9 Å². The molecular formula is C10H18BrNO2. The summed E-state index contributed by atoms with van der Waals surface area (Å²) in [5, 5.41) is 3.03. The zero-order chi connectivity index (χ0) is 10.6. The first kappa shape index (κ1) is 12.0. The molecule has 0 radical (unpaired) electrons. The van der Waals surface area contributed by atoms with Gasteiger partial charge in [-0.15, -0.1) is 0 Å². The molecule has 3 nitrogen and oxygen atoms in total. The minimum atomic E-state index is -0.0550. The van der Waals surface area contributed by atoms with Crippen LogP contribution in [0.3, 0.4) is 0 Å². The maximum atomic E-state index is 11.6. The Balaban J connectivity index is 2.32. The second-order valence-electron chi connectivity index (χ2n) is 3.79. The summed E-state index contributed by atoms with van der Waals surface area (Å²) in [5.41, 5.74) is 0. The van der Waals surface area contributed by atoms with E-state index in [0.717, 1.165) is 25.9 Å². The fourth-order valence-electron chi connectivity index (χ4n) is 1.61. The molecule has 1 aliphatic heterocycles. The maximum absolute atomic E-state index is 11.6. The van der Waals surface area contributed by atoms with Crippen molar-refractivity contribution in [1.29, 1.82) is 0 Å². The number of alkyl halides is 1.